The third-order valence-corrected chi connectivity index (χ3v) is 4.20. The lowest BCUT2D eigenvalue weighted by atomic mass is 10.1. The van der Waals surface area contributed by atoms with Gasteiger partial charge in [-0.1, -0.05) is 41.9 Å². The maximum atomic E-state index is 12.3. The number of carbonyl (C=O) groups is 2. The monoisotopic (exact) mass is 376 g/mol. The number of esters is 1. The first-order valence-corrected chi connectivity index (χ1v) is 8.34. The number of halogens is 1. The Morgan fingerprint density at radius 3 is 2.46 bits per heavy atom. The van der Waals surface area contributed by atoms with Gasteiger partial charge in [0, 0.05) is 11.1 Å². The SMILES string of the molecule is COC(=O)C(NCC(=O)Nc1cc(C)c(Cl)cc1OC)c1ccccc1. The van der Waals surface area contributed by atoms with Gasteiger partial charge >= 0.3 is 5.97 Å². The maximum absolute atomic E-state index is 12.3. The molecule has 2 rings (SSSR count). The van der Waals surface area contributed by atoms with E-state index in [0.717, 1.165) is 5.56 Å². The molecule has 0 aromatic heterocycles. The van der Waals surface area contributed by atoms with Crippen LogP contribution in [0, 0.1) is 6.92 Å². The van der Waals surface area contributed by atoms with Gasteiger partial charge in [0.2, 0.25) is 5.91 Å². The maximum Gasteiger partial charge on any atom is 0.327 e. The van der Waals surface area contributed by atoms with Gasteiger partial charge in [0.05, 0.1) is 26.5 Å². The van der Waals surface area contributed by atoms with Gasteiger partial charge in [0.1, 0.15) is 11.8 Å². The highest BCUT2D eigenvalue weighted by Gasteiger charge is 2.22. The Morgan fingerprint density at radius 1 is 1.15 bits per heavy atom. The number of nitrogens with one attached hydrogen (secondary N) is 2. The molecular formula is C19H21ClN2O4. The van der Waals surface area contributed by atoms with Crippen LogP contribution >= 0.6 is 11.6 Å². The number of amides is 1. The zero-order chi connectivity index (χ0) is 19.1. The van der Waals surface area contributed by atoms with Gasteiger partial charge in [-0.25, -0.2) is 4.79 Å². The lowest BCUT2D eigenvalue weighted by Crippen LogP contribution is -2.35. The zero-order valence-electron chi connectivity index (χ0n) is 14.8. The second-order valence-electron chi connectivity index (χ2n) is 5.60. The first kappa shape index (κ1) is 19.8. The fourth-order valence-electron chi connectivity index (χ4n) is 2.42. The predicted octanol–water partition coefficient (Wildman–Crippen LogP) is 3.10. The molecule has 0 aliphatic heterocycles. The van der Waals surface area contributed by atoms with Crippen molar-refractivity contribution < 1.29 is 19.1 Å². The molecule has 0 aliphatic rings. The average molecular weight is 377 g/mol. The minimum absolute atomic E-state index is 0.0838. The Kier molecular flexibility index (Phi) is 7.00. The molecule has 0 fully saturated rings. The van der Waals surface area contributed by atoms with Crippen molar-refractivity contribution in [2.75, 3.05) is 26.1 Å². The van der Waals surface area contributed by atoms with E-state index in [1.165, 1.54) is 14.2 Å². The van der Waals surface area contributed by atoms with E-state index in [4.69, 9.17) is 21.1 Å². The number of rotatable bonds is 7. The first-order chi connectivity index (χ1) is 12.5. The number of hydrogen-bond donors (Lipinski definition) is 2. The van der Waals surface area contributed by atoms with Crippen molar-refractivity contribution in [3.8, 4) is 5.75 Å². The Labute approximate surface area is 157 Å². The smallest absolute Gasteiger partial charge is 0.327 e. The van der Waals surface area contributed by atoms with E-state index in [1.54, 1.807) is 24.3 Å². The second kappa shape index (κ2) is 9.22. The van der Waals surface area contributed by atoms with Crippen LogP contribution in [0.5, 0.6) is 5.75 Å². The molecule has 2 N–H and O–H groups in total. The summed E-state index contributed by atoms with van der Waals surface area (Å²) in [5.74, 6) is -0.333. The van der Waals surface area contributed by atoms with Gasteiger partial charge in [-0.05, 0) is 24.1 Å². The highest BCUT2D eigenvalue weighted by atomic mass is 35.5. The number of anilines is 1. The number of hydrogen-bond acceptors (Lipinski definition) is 5. The fourth-order valence-corrected chi connectivity index (χ4v) is 2.57. The molecule has 0 saturated carbocycles. The Morgan fingerprint density at radius 2 is 1.85 bits per heavy atom. The zero-order valence-corrected chi connectivity index (χ0v) is 15.6. The van der Waals surface area contributed by atoms with E-state index >= 15 is 0 Å². The van der Waals surface area contributed by atoms with E-state index in [1.807, 2.05) is 25.1 Å². The average Bonchev–Trinajstić information content (AvgIpc) is 2.65. The summed E-state index contributed by atoms with van der Waals surface area (Å²) in [5, 5.41) is 6.22. The van der Waals surface area contributed by atoms with E-state index in [2.05, 4.69) is 10.6 Å². The number of carbonyl (C=O) groups excluding carboxylic acids is 2. The van der Waals surface area contributed by atoms with Crippen molar-refractivity contribution >= 4 is 29.2 Å². The summed E-state index contributed by atoms with van der Waals surface area (Å²) in [7, 11) is 2.80. The molecule has 26 heavy (non-hydrogen) atoms. The van der Waals surface area contributed by atoms with Crippen molar-refractivity contribution in [1.82, 2.24) is 5.32 Å². The van der Waals surface area contributed by atoms with Crippen molar-refractivity contribution in [1.29, 1.82) is 0 Å². The van der Waals surface area contributed by atoms with Crippen LogP contribution in [0.2, 0.25) is 5.02 Å². The molecular weight excluding hydrogens is 356 g/mol. The van der Waals surface area contributed by atoms with Gasteiger partial charge < -0.3 is 14.8 Å². The van der Waals surface area contributed by atoms with E-state index in [9.17, 15) is 9.59 Å². The Hall–Kier alpha value is -2.57. The molecule has 0 heterocycles. The van der Waals surface area contributed by atoms with E-state index in [0.29, 0.717) is 22.0 Å². The summed E-state index contributed by atoms with van der Waals surface area (Å²) in [6.45, 7) is 1.75. The van der Waals surface area contributed by atoms with Crippen LogP contribution in [0.1, 0.15) is 17.2 Å². The van der Waals surface area contributed by atoms with Gasteiger partial charge in [-0.2, -0.15) is 0 Å². The van der Waals surface area contributed by atoms with Gasteiger partial charge in [-0.3, -0.25) is 10.1 Å². The van der Waals surface area contributed by atoms with Crippen LogP contribution in [0.15, 0.2) is 42.5 Å². The van der Waals surface area contributed by atoms with Crippen molar-refractivity contribution in [3.63, 3.8) is 0 Å². The summed E-state index contributed by atoms with van der Waals surface area (Å²) >= 11 is 6.07. The quantitative estimate of drug-likeness (QED) is 0.726. The largest absolute Gasteiger partial charge is 0.495 e. The van der Waals surface area contributed by atoms with Crippen LogP contribution in [0.25, 0.3) is 0 Å². The molecule has 138 valence electrons. The molecule has 0 spiro atoms. The van der Waals surface area contributed by atoms with Gasteiger partial charge in [-0.15, -0.1) is 0 Å². The minimum Gasteiger partial charge on any atom is -0.495 e. The second-order valence-corrected chi connectivity index (χ2v) is 6.00. The molecule has 0 saturated heterocycles. The molecule has 1 atom stereocenters. The normalized spacial score (nSPS) is 11.5. The molecule has 1 unspecified atom stereocenters. The summed E-state index contributed by atoms with van der Waals surface area (Å²) < 4.78 is 10.1. The van der Waals surface area contributed by atoms with Gasteiger partial charge in [0.25, 0.3) is 0 Å². The molecule has 0 aliphatic carbocycles. The number of methoxy groups -OCH3 is 2. The van der Waals surface area contributed by atoms with Crippen LogP contribution in [-0.2, 0) is 14.3 Å². The van der Waals surface area contributed by atoms with Crippen molar-refractivity contribution in [2.45, 2.75) is 13.0 Å². The van der Waals surface area contributed by atoms with Crippen molar-refractivity contribution in [2.24, 2.45) is 0 Å². The lowest BCUT2D eigenvalue weighted by Gasteiger charge is -2.17. The molecule has 1 amide bonds. The fraction of sp³-hybridized carbons (Fsp3) is 0.263. The number of ether oxygens (including phenoxy) is 2. The Bertz CT molecular complexity index is 781. The van der Waals surface area contributed by atoms with Crippen LogP contribution < -0.4 is 15.4 Å². The summed E-state index contributed by atoms with van der Waals surface area (Å²) in [4.78, 5) is 24.3. The molecule has 0 radical (unpaired) electrons. The highest BCUT2D eigenvalue weighted by molar-refractivity contribution is 6.31. The van der Waals surface area contributed by atoms with E-state index < -0.39 is 12.0 Å². The van der Waals surface area contributed by atoms with Crippen molar-refractivity contribution in [3.05, 3.63) is 58.6 Å². The third-order valence-electron chi connectivity index (χ3n) is 3.79. The Balaban J connectivity index is 2.07. The minimum atomic E-state index is -0.735. The standard InChI is InChI=1S/C19H21ClN2O4/c1-12-9-15(16(25-2)10-14(12)20)22-17(23)11-21-18(19(24)26-3)13-7-5-4-6-8-13/h4-10,18,21H,11H2,1-3H3,(H,22,23). The summed E-state index contributed by atoms with van der Waals surface area (Å²) in [6.07, 6.45) is 0. The number of benzene rings is 2. The molecule has 6 nitrogen and oxygen atoms in total. The third kappa shape index (κ3) is 4.97. The molecule has 0 bridgehead atoms. The number of aryl methyl sites for hydroxylation is 1. The molecule has 7 heteroatoms. The lowest BCUT2D eigenvalue weighted by molar-refractivity contribution is -0.143. The summed E-state index contributed by atoms with van der Waals surface area (Å²) in [6, 6.07) is 11.7. The van der Waals surface area contributed by atoms with Crippen LogP contribution in [0.3, 0.4) is 0 Å². The van der Waals surface area contributed by atoms with Crippen LogP contribution in [-0.4, -0.2) is 32.6 Å². The first-order valence-electron chi connectivity index (χ1n) is 7.96. The molecule has 2 aromatic rings. The predicted molar refractivity (Wildman–Crippen MR) is 101 cm³/mol. The van der Waals surface area contributed by atoms with Gasteiger partial charge in [0.15, 0.2) is 0 Å². The summed E-state index contributed by atoms with van der Waals surface area (Å²) in [5.41, 5.74) is 2.04. The van der Waals surface area contributed by atoms with E-state index in [-0.39, 0.29) is 12.5 Å². The topological polar surface area (TPSA) is 76.7 Å². The highest BCUT2D eigenvalue weighted by Crippen LogP contribution is 2.30. The van der Waals surface area contributed by atoms with Crippen LogP contribution in [0.4, 0.5) is 5.69 Å². The molecule has 2 aromatic carbocycles.